The Hall–Kier alpha value is -2.92. The molecule has 1 aliphatic rings. The average molecular weight is 591 g/mol. The molecular formula is C22H35N6O11P. The highest BCUT2D eigenvalue weighted by atomic mass is 31.2. The van der Waals surface area contributed by atoms with Crippen LogP contribution in [0.3, 0.4) is 0 Å². The summed E-state index contributed by atoms with van der Waals surface area (Å²) in [4.78, 5) is 36.4. The van der Waals surface area contributed by atoms with Crippen molar-refractivity contribution in [2.24, 2.45) is 0 Å². The summed E-state index contributed by atoms with van der Waals surface area (Å²) >= 11 is 0. The smallest absolute Gasteiger partial charge is 0.406 e. The molecule has 40 heavy (non-hydrogen) atoms. The van der Waals surface area contributed by atoms with Crippen molar-refractivity contribution in [3.8, 4) is 5.88 Å². The lowest BCUT2D eigenvalue weighted by molar-refractivity contribution is -0.149. The van der Waals surface area contributed by atoms with Gasteiger partial charge in [-0.2, -0.15) is 9.97 Å². The van der Waals surface area contributed by atoms with E-state index in [0.717, 1.165) is 0 Å². The monoisotopic (exact) mass is 590 g/mol. The fourth-order valence-corrected chi connectivity index (χ4v) is 5.27. The molecule has 1 aliphatic heterocycles. The standard InChI is InChI=1S/C22H35N6O11P/c1-7-35-14(29)9-37-40(33,27-12(4)19(31)38-11(2)3)36-8-13-16(30)22(5,32)20(39-13)28-10-24-15-17(28)25-21(23)26-18(15)34-6/h10-13,16,20,30,32H,7-9H2,1-6H3,(H,27,33)(H2,23,25,26)/t12-,13+,16+,20+,22+,40?/m0/s1. The molecule has 17 nitrogen and oxygen atoms in total. The van der Waals surface area contributed by atoms with Crippen LogP contribution in [0, 0.1) is 0 Å². The minimum absolute atomic E-state index is 0.0574. The molecule has 1 fully saturated rings. The first-order valence-corrected chi connectivity index (χ1v) is 13.9. The SMILES string of the molecule is CCOC(=O)COP(=O)(N[C@@H](C)C(=O)OC(C)C)OC[C@H]1O[C@@H](n2cnc3c(OC)nc(N)nc32)[C@](C)(O)[C@@H]1O. The first kappa shape index (κ1) is 31.6. The van der Waals surface area contributed by atoms with Crippen molar-refractivity contribution >= 4 is 36.8 Å². The second-order valence-electron chi connectivity index (χ2n) is 9.32. The number of aromatic nitrogens is 4. The number of imidazole rings is 1. The fraction of sp³-hybridized carbons (Fsp3) is 0.682. The number of esters is 2. The Labute approximate surface area is 229 Å². The molecule has 3 rings (SSSR count). The van der Waals surface area contributed by atoms with Gasteiger partial charge < -0.3 is 34.9 Å². The highest BCUT2D eigenvalue weighted by molar-refractivity contribution is 7.51. The van der Waals surface area contributed by atoms with Gasteiger partial charge in [-0.15, -0.1) is 0 Å². The van der Waals surface area contributed by atoms with Crippen molar-refractivity contribution in [1.82, 2.24) is 24.6 Å². The number of nitrogens with one attached hydrogen (secondary N) is 1. The molecule has 0 aromatic carbocycles. The maximum Gasteiger partial charge on any atom is 0.406 e. The highest BCUT2D eigenvalue weighted by Gasteiger charge is 2.54. The van der Waals surface area contributed by atoms with Gasteiger partial charge in [-0.05, 0) is 34.6 Å². The summed E-state index contributed by atoms with van der Waals surface area (Å²) in [6, 6.07) is -1.17. The van der Waals surface area contributed by atoms with E-state index in [4.69, 9.17) is 33.7 Å². The Kier molecular flexibility index (Phi) is 10.1. The number of aliphatic hydroxyl groups excluding tert-OH is 1. The van der Waals surface area contributed by atoms with E-state index in [9.17, 15) is 24.4 Å². The van der Waals surface area contributed by atoms with Gasteiger partial charge >= 0.3 is 19.7 Å². The molecular weight excluding hydrogens is 555 g/mol. The number of nitrogens with zero attached hydrogens (tertiary/aromatic N) is 4. The lowest BCUT2D eigenvalue weighted by atomic mass is 9.96. The van der Waals surface area contributed by atoms with Gasteiger partial charge in [0, 0.05) is 0 Å². The molecule has 0 amide bonds. The number of hydrogen-bond acceptors (Lipinski definition) is 15. The van der Waals surface area contributed by atoms with Crippen molar-refractivity contribution in [1.29, 1.82) is 0 Å². The second-order valence-corrected chi connectivity index (χ2v) is 11.1. The number of anilines is 1. The van der Waals surface area contributed by atoms with Gasteiger partial charge in [0.1, 0.15) is 23.9 Å². The summed E-state index contributed by atoms with van der Waals surface area (Å²) in [6.07, 6.45) is -3.24. The predicted octanol–water partition coefficient (Wildman–Crippen LogP) is 0.0605. The normalized spacial score (nSPS) is 25.1. The molecule has 1 saturated heterocycles. The lowest BCUT2D eigenvalue weighted by Crippen LogP contribution is -2.44. The van der Waals surface area contributed by atoms with E-state index < -0.39 is 69.1 Å². The number of aliphatic hydroxyl groups is 2. The van der Waals surface area contributed by atoms with E-state index >= 15 is 0 Å². The minimum Gasteiger partial charge on any atom is -0.479 e. The predicted molar refractivity (Wildman–Crippen MR) is 137 cm³/mol. The summed E-state index contributed by atoms with van der Waals surface area (Å²) < 4.78 is 46.4. The number of carbonyl (C=O) groups is 2. The molecule has 0 bridgehead atoms. The topological polar surface area (TPSA) is 229 Å². The Balaban J connectivity index is 1.81. The first-order chi connectivity index (χ1) is 18.7. The van der Waals surface area contributed by atoms with Crippen molar-refractivity contribution in [3.05, 3.63) is 6.33 Å². The van der Waals surface area contributed by atoms with Crippen molar-refractivity contribution in [2.75, 3.05) is 32.7 Å². The van der Waals surface area contributed by atoms with Crippen molar-refractivity contribution < 1.29 is 52.4 Å². The van der Waals surface area contributed by atoms with Crippen LogP contribution in [0.2, 0.25) is 0 Å². The van der Waals surface area contributed by atoms with Crippen molar-refractivity contribution in [2.45, 2.75) is 70.8 Å². The van der Waals surface area contributed by atoms with Gasteiger partial charge in [0.2, 0.25) is 11.8 Å². The number of methoxy groups -OCH3 is 1. The van der Waals surface area contributed by atoms with Crippen LogP contribution in [0.25, 0.3) is 11.2 Å². The maximum atomic E-state index is 13.5. The Morgan fingerprint density at radius 2 is 2.00 bits per heavy atom. The van der Waals surface area contributed by atoms with Crippen molar-refractivity contribution in [3.63, 3.8) is 0 Å². The molecule has 5 N–H and O–H groups in total. The van der Waals surface area contributed by atoms with Gasteiger partial charge in [-0.25, -0.2) is 19.4 Å². The zero-order valence-corrected chi connectivity index (χ0v) is 23.9. The second kappa shape index (κ2) is 12.7. The van der Waals surface area contributed by atoms with E-state index in [-0.39, 0.29) is 29.6 Å². The summed E-state index contributed by atoms with van der Waals surface area (Å²) in [7, 11) is -3.03. The van der Waals surface area contributed by atoms with E-state index in [1.165, 1.54) is 31.9 Å². The third kappa shape index (κ3) is 7.04. The van der Waals surface area contributed by atoms with Crippen LogP contribution < -0.4 is 15.6 Å². The fourth-order valence-electron chi connectivity index (χ4n) is 3.85. The van der Waals surface area contributed by atoms with Gasteiger partial charge in [0.05, 0.1) is 32.8 Å². The van der Waals surface area contributed by atoms with Crippen LogP contribution >= 0.6 is 7.75 Å². The number of nitrogen functional groups attached to an aromatic ring is 1. The molecule has 2 aromatic heterocycles. The summed E-state index contributed by atoms with van der Waals surface area (Å²) in [5, 5.41) is 24.5. The zero-order valence-electron chi connectivity index (χ0n) is 23.0. The van der Waals surface area contributed by atoms with Gasteiger partial charge in [-0.3, -0.25) is 18.4 Å². The van der Waals surface area contributed by atoms with E-state index in [1.54, 1.807) is 20.8 Å². The van der Waals surface area contributed by atoms with E-state index in [2.05, 4.69) is 20.0 Å². The Bertz CT molecular complexity index is 1260. The number of rotatable bonds is 13. The third-order valence-corrected chi connectivity index (χ3v) is 7.39. The molecule has 2 aromatic rings. The lowest BCUT2D eigenvalue weighted by Gasteiger charge is -2.27. The largest absolute Gasteiger partial charge is 0.479 e. The Morgan fingerprint density at radius 1 is 1.30 bits per heavy atom. The molecule has 224 valence electrons. The third-order valence-electron chi connectivity index (χ3n) is 5.73. The number of hydrogen-bond donors (Lipinski definition) is 4. The van der Waals surface area contributed by atoms with Crippen LogP contribution in [0.1, 0.15) is 40.8 Å². The van der Waals surface area contributed by atoms with Gasteiger partial charge in [-0.1, -0.05) is 0 Å². The average Bonchev–Trinajstić information content (AvgIpc) is 3.38. The molecule has 18 heteroatoms. The molecule has 1 unspecified atom stereocenters. The minimum atomic E-state index is -4.40. The number of ether oxygens (including phenoxy) is 4. The molecule has 3 heterocycles. The Morgan fingerprint density at radius 3 is 2.62 bits per heavy atom. The van der Waals surface area contributed by atoms with E-state index in [1.807, 2.05) is 0 Å². The van der Waals surface area contributed by atoms with Crippen LogP contribution in [0.15, 0.2) is 6.33 Å². The molecule has 6 atom stereocenters. The van der Waals surface area contributed by atoms with E-state index in [0.29, 0.717) is 0 Å². The molecule has 0 aliphatic carbocycles. The summed E-state index contributed by atoms with van der Waals surface area (Å²) in [6.45, 7) is 6.23. The molecule has 0 radical (unpaired) electrons. The van der Waals surface area contributed by atoms with Crippen LogP contribution in [0.4, 0.5) is 5.95 Å². The summed E-state index contributed by atoms with van der Waals surface area (Å²) in [5.74, 6) is -1.60. The van der Waals surface area contributed by atoms with Gasteiger partial charge in [0.15, 0.2) is 24.0 Å². The van der Waals surface area contributed by atoms with Crippen LogP contribution in [0.5, 0.6) is 5.88 Å². The number of carbonyl (C=O) groups excluding carboxylic acids is 2. The quantitative estimate of drug-likeness (QED) is 0.178. The summed E-state index contributed by atoms with van der Waals surface area (Å²) in [5.41, 5.74) is 4.23. The number of fused-ring (bicyclic) bond motifs is 1. The van der Waals surface area contributed by atoms with Crippen LogP contribution in [-0.4, -0.2) is 98.6 Å². The first-order valence-electron chi connectivity index (χ1n) is 12.3. The van der Waals surface area contributed by atoms with Crippen LogP contribution in [-0.2, 0) is 37.4 Å². The molecule has 0 spiro atoms. The number of nitrogens with two attached hydrogens (primary N) is 1. The molecule has 0 saturated carbocycles. The zero-order chi connectivity index (χ0) is 29.8. The highest BCUT2D eigenvalue weighted by Crippen LogP contribution is 2.47. The van der Waals surface area contributed by atoms with Gasteiger partial charge in [0.25, 0.3) is 0 Å². The maximum absolute atomic E-state index is 13.5.